The number of ether oxygens (including phenoxy) is 1. The lowest BCUT2D eigenvalue weighted by atomic mass is 10.2. The average Bonchev–Trinajstić information content (AvgIpc) is 2.25. The molecule has 0 aliphatic rings. The number of aromatic hydroxyl groups is 1. The van der Waals surface area contributed by atoms with Gasteiger partial charge in [0.15, 0.2) is 17.2 Å². The maximum atomic E-state index is 9.85. The fraction of sp³-hybridized carbons (Fsp3) is 0.0769. The molecule has 2 aromatic carbocycles. The number of hydrogen-bond acceptors (Lipinski definition) is 2. The van der Waals surface area contributed by atoms with E-state index >= 15 is 0 Å². The summed E-state index contributed by atoms with van der Waals surface area (Å²) in [5, 5.41) is 11.0. The van der Waals surface area contributed by atoms with Crippen molar-refractivity contribution in [3.8, 4) is 17.2 Å². The van der Waals surface area contributed by atoms with Crippen LogP contribution in [0.1, 0.15) is 5.56 Å². The molecule has 0 unspecified atom stereocenters. The van der Waals surface area contributed by atoms with Gasteiger partial charge in [-0.15, -0.1) is 0 Å². The summed E-state index contributed by atoms with van der Waals surface area (Å²) in [4.78, 5) is 0. The van der Waals surface area contributed by atoms with Crippen molar-refractivity contribution in [2.75, 3.05) is 0 Å². The van der Waals surface area contributed by atoms with Crippen LogP contribution in [0.3, 0.4) is 0 Å². The van der Waals surface area contributed by atoms with Crippen LogP contribution in [-0.4, -0.2) is 5.11 Å². The van der Waals surface area contributed by atoms with E-state index in [9.17, 15) is 5.11 Å². The molecular formula is C13H8Cl4O2. The molecule has 0 fully saturated rings. The maximum absolute atomic E-state index is 9.85. The molecule has 0 saturated carbocycles. The van der Waals surface area contributed by atoms with Crippen LogP contribution in [0.15, 0.2) is 24.3 Å². The molecule has 0 radical (unpaired) electrons. The third kappa shape index (κ3) is 3.21. The predicted octanol–water partition coefficient (Wildman–Crippen LogP) is 6.11. The van der Waals surface area contributed by atoms with Gasteiger partial charge >= 0.3 is 0 Å². The molecule has 0 spiro atoms. The lowest BCUT2D eigenvalue weighted by Crippen LogP contribution is -1.89. The minimum Gasteiger partial charge on any atom is -0.504 e. The summed E-state index contributed by atoms with van der Waals surface area (Å²) < 4.78 is 5.51. The minimum atomic E-state index is -0.0907. The summed E-state index contributed by atoms with van der Waals surface area (Å²) in [6.45, 7) is 1.80. The highest BCUT2D eigenvalue weighted by atomic mass is 35.5. The maximum Gasteiger partial charge on any atom is 0.187 e. The fourth-order valence-electron chi connectivity index (χ4n) is 1.54. The molecule has 0 heterocycles. The number of hydrogen-bond donors (Lipinski definition) is 1. The van der Waals surface area contributed by atoms with Crippen molar-refractivity contribution in [3.63, 3.8) is 0 Å². The number of benzene rings is 2. The highest BCUT2D eigenvalue weighted by molar-refractivity contribution is 6.40. The summed E-state index contributed by atoms with van der Waals surface area (Å²) in [5.41, 5.74) is 0.808. The molecule has 0 atom stereocenters. The Bertz CT molecular complexity index is 539. The van der Waals surface area contributed by atoms with Gasteiger partial charge in [-0.05, 0) is 36.8 Å². The van der Waals surface area contributed by atoms with Crippen LogP contribution in [0.4, 0.5) is 0 Å². The van der Waals surface area contributed by atoms with Crippen LogP contribution in [0.25, 0.3) is 0 Å². The molecule has 2 nitrogen and oxygen atoms in total. The third-order valence-corrected chi connectivity index (χ3v) is 3.40. The molecule has 2 aromatic rings. The van der Waals surface area contributed by atoms with Crippen molar-refractivity contribution in [2.45, 2.75) is 6.92 Å². The molecule has 1 N–H and O–H groups in total. The van der Waals surface area contributed by atoms with E-state index in [-0.39, 0.29) is 32.3 Å². The first-order valence-electron chi connectivity index (χ1n) is 5.20. The Hall–Kier alpha value is -0.800. The van der Waals surface area contributed by atoms with E-state index in [2.05, 4.69) is 0 Å². The molecule has 0 aliphatic heterocycles. The monoisotopic (exact) mass is 336 g/mol. The molecule has 0 saturated heterocycles. The molecule has 0 aromatic heterocycles. The number of aryl methyl sites for hydroxylation is 1. The van der Waals surface area contributed by atoms with E-state index < -0.39 is 0 Å². The zero-order chi connectivity index (χ0) is 14.2. The van der Waals surface area contributed by atoms with Crippen molar-refractivity contribution >= 4 is 46.4 Å². The summed E-state index contributed by atoms with van der Waals surface area (Å²) >= 11 is 23.8. The van der Waals surface area contributed by atoms with Crippen molar-refractivity contribution in [3.05, 3.63) is 49.9 Å². The summed E-state index contributed by atoms with van der Waals surface area (Å²) in [6.07, 6.45) is 0. The van der Waals surface area contributed by atoms with E-state index in [1.165, 1.54) is 18.2 Å². The van der Waals surface area contributed by atoms with Gasteiger partial charge in [0.2, 0.25) is 0 Å². The van der Waals surface area contributed by atoms with Crippen molar-refractivity contribution in [1.82, 2.24) is 0 Å². The average molecular weight is 338 g/mol. The second-order valence-corrected chi connectivity index (χ2v) is 5.55. The molecule has 2 rings (SSSR count). The predicted molar refractivity (Wildman–Crippen MR) is 79.4 cm³/mol. The van der Waals surface area contributed by atoms with Gasteiger partial charge in [0.25, 0.3) is 0 Å². The second kappa shape index (κ2) is 5.68. The first-order valence-corrected chi connectivity index (χ1v) is 6.71. The Morgan fingerprint density at radius 1 is 0.842 bits per heavy atom. The first-order chi connectivity index (χ1) is 8.88. The van der Waals surface area contributed by atoms with Crippen LogP contribution in [-0.2, 0) is 0 Å². The van der Waals surface area contributed by atoms with Gasteiger partial charge in [0, 0.05) is 5.02 Å². The zero-order valence-electron chi connectivity index (χ0n) is 9.68. The van der Waals surface area contributed by atoms with Gasteiger partial charge in [0.1, 0.15) is 0 Å². The van der Waals surface area contributed by atoms with Crippen molar-refractivity contribution in [1.29, 1.82) is 0 Å². The number of phenolic OH excluding ortho intramolecular Hbond substituents is 1. The molecule has 0 aliphatic carbocycles. The lowest BCUT2D eigenvalue weighted by molar-refractivity contribution is 0.411. The van der Waals surface area contributed by atoms with Crippen LogP contribution >= 0.6 is 46.4 Å². The Morgan fingerprint density at radius 2 is 1.37 bits per heavy atom. The Balaban J connectivity index is 2.48. The van der Waals surface area contributed by atoms with Crippen molar-refractivity contribution in [2.24, 2.45) is 0 Å². The summed E-state index contributed by atoms with van der Waals surface area (Å²) in [6, 6.07) is 6.17. The van der Waals surface area contributed by atoms with Gasteiger partial charge in [-0.25, -0.2) is 0 Å². The molecule has 100 valence electrons. The van der Waals surface area contributed by atoms with E-state index in [4.69, 9.17) is 51.1 Å². The highest BCUT2D eigenvalue weighted by Crippen LogP contribution is 2.44. The van der Waals surface area contributed by atoms with Crippen LogP contribution < -0.4 is 4.74 Å². The van der Waals surface area contributed by atoms with Crippen LogP contribution in [0, 0.1) is 6.92 Å². The molecule has 0 bridgehead atoms. The first kappa shape index (κ1) is 14.6. The molecule has 6 heteroatoms. The zero-order valence-corrected chi connectivity index (χ0v) is 12.7. The van der Waals surface area contributed by atoms with E-state index in [1.54, 1.807) is 13.0 Å². The molecule has 19 heavy (non-hydrogen) atoms. The number of phenols is 1. The third-order valence-electron chi connectivity index (χ3n) is 2.34. The van der Waals surface area contributed by atoms with Gasteiger partial charge in [0.05, 0.1) is 15.1 Å². The molecule has 0 amide bonds. The largest absolute Gasteiger partial charge is 0.504 e. The van der Waals surface area contributed by atoms with Gasteiger partial charge in [-0.1, -0.05) is 46.4 Å². The van der Waals surface area contributed by atoms with Crippen LogP contribution in [0.5, 0.6) is 17.2 Å². The highest BCUT2D eigenvalue weighted by Gasteiger charge is 2.15. The molecular weight excluding hydrogens is 330 g/mol. The summed E-state index contributed by atoms with van der Waals surface area (Å²) in [7, 11) is 0. The van der Waals surface area contributed by atoms with Gasteiger partial charge in [-0.2, -0.15) is 0 Å². The Morgan fingerprint density at radius 3 is 1.89 bits per heavy atom. The number of rotatable bonds is 2. The smallest absolute Gasteiger partial charge is 0.187 e. The number of halogens is 4. The quantitative estimate of drug-likeness (QED) is 0.716. The van der Waals surface area contributed by atoms with Crippen LogP contribution in [0.2, 0.25) is 20.1 Å². The van der Waals surface area contributed by atoms with E-state index in [1.807, 2.05) is 0 Å². The van der Waals surface area contributed by atoms with Crippen molar-refractivity contribution < 1.29 is 9.84 Å². The Labute approximate surface area is 130 Å². The van der Waals surface area contributed by atoms with E-state index in [0.29, 0.717) is 5.02 Å². The fourth-order valence-corrected chi connectivity index (χ4v) is 2.74. The SMILES string of the molecule is Cc1cc(O)c(Oc2c(Cl)cc(Cl)cc2Cl)c(Cl)c1. The van der Waals surface area contributed by atoms with Gasteiger partial charge in [-0.3, -0.25) is 0 Å². The minimum absolute atomic E-state index is 0.0907. The summed E-state index contributed by atoms with van der Waals surface area (Å²) in [5.74, 6) is 0.194. The topological polar surface area (TPSA) is 29.5 Å². The Kier molecular flexibility index (Phi) is 4.36. The standard InChI is InChI=1S/C13H8Cl4O2/c1-6-2-8(15)13(11(18)3-6)19-12-9(16)4-7(14)5-10(12)17/h2-5,18H,1H3. The van der Waals surface area contributed by atoms with E-state index in [0.717, 1.165) is 5.56 Å². The lowest BCUT2D eigenvalue weighted by Gasteiger charge is -2.13. The van der Waals surface area contributed by atoms with Gasteiger partial charge < -0.3 is 9.84 Å². The normalized spacial score (nSPS) is 10.6. The second-order valence-electron chi connectivity index (χ2n) is 3.90.